The van der Waals surface area contributed by atoms with E-state index in [1.165, 1.54) is 16.4 Å². The third-order valence-corrected chi connectivity index (χ3v) is 6.99. The zero-order valence-corrected chi connectivity index (χ0v) is 18.7. The largest absolute Gasteiger partial charge is 0.379 e. The van der Waals surface area contributed by atoms with Crippen molar-refractivity contribution in [1.29, 1.82) is 0 Å². The summed E-state index contributed by atoms with van der Waals surface area (Å²) in [6.45, 7) is 1.53. The molecule has 168 valence electrons. The molecule has 0 saturated carbocycles. The van der Waals surface area contributed by atoms with Crippen LogP contribution in [0.5, 0.6) is 0 Å². The number of anilines is 1. The van der Waals surface area contributed by atoms with Gasteiger partial charge in [0.1, 0.15) is 6.54 Å². The Bertz CT molecular complexity index is 1220. The Morgan fingerprint density at radius 3 is 2.53 bits per heavy atom. The van der Waals surface area contributed by atoms with Crippen LogP contribution in [-0.2, 0) is 26.1 Å². The number of imidazole rings is 1. The van der Waals surface area contributed by atoms with Gasteiger partial charge in [-0.05, 0) is 48.6 Å². The highest BCUT2D eigenvalue weighted by atomic mass is 32.2. The number of nitrogens with one attached hydrogen (secondary N) is 3. The number of sulfonamides is 1. The molecule has 2 heterocycles. The van der Waals surface area contributed by atoms with Gasteiger partial charge in [0, 0.05) is 18.8 Å². The van der Waals surface area contributed by atoms with Crippen molar-refractivity contribution in [2.24, 2.45) is 0 Å². The highest BCUT2D eigenvalue weighted by Crippen LogP contribution is 2.19. The maximum absolute atomic E-state index is 12.7. The molecule has 0 spiro atoms. The summed E-state index contributed by atoms with van der Waals surface area (Å²) in [6.07, 6.45) is 1.60. The number of carbonyl (C=O) groups excluding carboxylic acids is 1. The number of carbonyl (C=O) groups is 1. The fourth-order valence-electron chi connectivity index (χ4n) is 3.27. The minimum absolute atomic E-state index is 0.0736. The van der Waals surface area contributed by atoms with E-state index in [0.29, 0.717) is 32.0 Å². The Labute approximate surface area is 190 Å². The smallest absolute Gasteiger partial charge is 0.258 e. The summed E-state index contributed by atoms with van der Waals surface area (Å²) in [4.78, 5) is 16.7. The maximum Gasteiger partial charge on any atom is 0.258 e. The van der Waals surface area contributed by atoms with Gasteiger partial charge in [-0.2, -0.15) is 4.31 Å². The van der Waals surface area contributed by atoms with Crippen molar-refractivity contribution < 1.29 is 17.9 Å². The van der Waals surface area contributed by atoms with Gasteiger partial charge in [-0.1, -0.05) is 12.1 Å². The van der Waals surface area contributed by atoms with E-state index in [0.717, 1.165) is 11.0 Å². The number of benzene rings is 2. The Balaban J connectivity index is 1.29. The molecule has 1 saturated heterocycles. The van der Waals surface area contributed by atoms with E-state index in [1.54, 1.807) is 23.0 Å². The number of rotatable bonds is 5. The normalized spacial score (nSPS) is 14.8. The number of hydrogen-bond acceptors (Lipinski definition) is 6. The van der Waals surface area contributed by atoms with Crippen LogP contribution in [0.25, 0.3) is 11.0 Å². The number of amides is 1. The Morgan fingerprint density at radius 2 is 1.78 bits per heavy atom. The van der Waals surface area contributed by atoms with Crippen LogP contribution in [-0.4, -0.2) is 59.6 Å². The van der Waals surface area contributed by atoms with Gasteiger partial charge in [-0.3, -0.25) is 15.6 Å². The van der Waals surface area contributed by atoms with Crippen LogP contribution in [0.1, 0.15) is 0 Å². The first-order valence-corrected chi connectivity index (χ1v) is 11.7. The molecule has 0 atom stereocenters. The van der Waals surface area contributed by atoms with Gasteiger partial charge >= 0.3 is 0 Å². The minimum atomic E-state index is -3.56. The Morgan fingerprint density at radius 1 is 1.06 bits per heavy atom. The van der Waals surface area contributed by atoms with Crippen LogP contribution >= 0.6 is 12.2 Å². The van der Waals surface area contributed by atoms with Crippen LogP contribution < -0.4 is 16.2 Å². The maximum atomic E-state index is 12.7. The number of nitrogens with zero attached hydrogens (tertiary/aromatic N) is 3. The fraction of sp³-hybridized carbons (Fsp3) is 0.250. The van der Waals surface area contributed by atoms with E-state index >= 15 is 0 Å². The lowest BCUT2D eigenvalue weighted by Crippen LogP contribution is -2.45. The molecular weight excluding hydrogens is 452 g/mol. The van der Waals surface area contributed by atoms with Crippen LogP contribution in [0.4, 0.5) is 5.69 Å². The van der Waals surface area contributed by atoms with Gasteiger partial charge < -0.3 is 14.6 Å². The Kier molecular flexibility index (Phi) is 6.65. The van der Waals surface area contributed by atoms with Crippen molar-refractivity contribution >= 4 is 50.0 Å². The summed E-state index contributed by atoms with van der Waals surface area (Å²) >= 11 is 5.19. The topological polar surface area (TPSA) is 118 Å². The van der Waals surface area contributed by atoms with Gasteiger partial charge in [0.25, 0.3) is 5.91 Å². The minimum Gasteiger partial charge on any atom is -0.379 e. The number of fused-ring (bicyclic) bond motifs is 1. The van der Waals surface area contributed by atoms with E-state index in [1.807, 2.05) is 24.3 Å². The molecule has 4 rings (SSSR count). The molecule has 1 aromatic heterocycles. The lowest BCUT2D eigenvalue weighted by atomic mass is 10.3. The molecule has 3 N–H and O–H groups in total. The summed E-state index contributed by atoms with van der Waals surface area (Å²) in [5.41, 5.74) is 7.41. The first-order chi connectivity index (χ1) is 15.4. The van der Waals surface area contributed by atoms with E-state index in [2.05, 4.69) is 21.2 Å². The van der Waals surface area contributed by atoms with E-state index in [9.17, 15) is 13.2 Å². The summed E-state index contributed by atoms with van der Waals surface area (Å²) < 4.78 is 33.7. The predicted molar refractivity (Wildman–Crippen MR) is 123 cm³/mol. The molecule has 1 amide bonds. The van der Waals surface area contributed by atoms with Crippen LogP contribution in [0.3, 0.4) is 0 Å². The molecule has 2 aromatic carbocycles. The van der Waals surface area contributed by atoms with Crippen LogP contribution in [0.15, 0.2) is 59.8 Å². The molecule has 0 unspecified atom stereocenters. The number of thiocarbonyl (C=S) groups is 1. The predicted octanol–water partition coefficient (Wildman–Crippen LogP) is 1.08. The van der Waals surface area contributed by atoms with Crippen LogP contribution in [0.2, 0.25) is 0 Å². The number of hydrogen-bond donors (Lipinski definition) is 3. The quantitative estimate of drug-likeness (QED) is 0.371. The molecule has 1 fully saturated rings. The molecule has 3 aromatic rings. The number of ether oxygens (including phenoxy) is 1. The molecule has 12 heteroatoms. The summed E-state index contributed by atoms with van der Waals surface area (Å²) in [5.74, 6) is -0.302. The lowest BCUT2D eigenvalue weighted by molar-refractivity contribution is -0.122. The molecule has 10 nitrogen and oxygen atoms in total. The third-order valence-electron chi connectivity index (χ3n) is 4.88. The summed E-state index contributed by atoms with van der Waals surface area (Å²) in [7, 11) is -3.56. The highest BCUT2D eigenvalue weighted by molar-refractivity contribution is 7.89. The molecule has 0 aliphatic carbocycles. The van der Waals surface area contributed by atoms with E-state index < -0.39 is 10.0 Å². The highest BCUT2D eigenvalue weighted by Gasteiger charge is 2.26. The van der Waals surface area contributed by atoms with E-state index in [-0.39, 0.29) is 22.5 Å². The average Bonchev–Trinajstić information content (AvgIpc) is 3.21. The van der Waals surface area contributed by atoms with Gasteiger partial charge in [0.2, 0.25) is 10.0 Å². The standard InChI is InChI=1S/C20H22N6O4S2/c27-19(13-25-14-21-17-3-1-2-4-18(17)25)23-24-20(31)22-15-5-7-16(8-6-15)32(28,29)26-9-11-30-12-10-26/h1-8,14H,9-13H2,(H,23,27)(H2,22,24,31). The second-order valence-corrected chi connectivity index (χ2v) is 9.38. The molecule has 1 aliphatic heterocycles. The number of morpholine rings is 1. The van der Waals surface area contributed by atoms with E-state index in [4.69, 9.17) is 17.0 Å². The lowest BCUT2D eigenvalue weighted by Gasteiger charge is -2.26. The van der Waals surface area contributed by atoms with Gasteiger partial charge in [0.15, 0.2) is 5.11 Å². The molecule has 0 bridgehead atoms. The summed E-state index contributed by atoms with van der Waals surface area (Å²) in [5, 5.41) is 3.07. The van der Waals surface area contributed by atoms with Crippen molar-refractivity contribution in [3.05, 3.63) is 54.9 Å². The van der Waals surface area contributed by atoms with Gasteiger partial charge in [-0.25, -0.2) is 13.4 Å². The monoisotopic (exact) mass is 474 g/mol. The second kappa shape index (κ2) is 9.61. The third kappa shape index (κ3) is 5.05. The van der Waals surface area contributed by atoms with Crippen molar-refractivity contribution in [1.82, 2.24) is 24.7 Å². The Hall–Kier alpha value is -3.06. The first kappa shape index (κ1) is 22.1. The molecule has 32 heavy (non-hydrogen) atoms. The zero-order chi connectivity index (χ0) is 22.6. The fourth-order valence-corrected chi connectivity index (χ4v) is 4.84. The molecule has 1 aliphatic rings. The van der Waals surface area contributed by atoms with Gasteiger partial charge in [0.05, 0.1) is 35.5 Å². The zero-order valence-electron chi connectivity index (χ0n) is 17.0. The average molecular weight is 475 g/mol. The van der Waals surface area contributed by atoms with Gasteiger partial charge in [-0.15, -0.1) is 0 Å². The van der Waals surface area contributed by atoms with Crippen molar-refractivity contribution in [3.8, 4) is 0 Å². The van der Waals surface area contributed by atoms with Crippen molar-refractivity contribution in [2.45, 2.75) is 11.4 Å². The molecular formula is C20H22N6O4S2. The van der Waals surface area contributed by atoms with Crippen molar-refractivity contribution in [2.75, 3.05) is 31.6 Å². The van der Waals surface area contributed by atoms with Crippen LogP contribution in [0, 0.1) is 0 Å². The molecule has 0 radical (unpaired) electrons. The number of para-hydroxylation sites is 2. The first-order valence-electron chi connectivity index (χ1n) is 9.87. The second-order valence-electron chi connectivity index (χ2n) is 7.03. The SMILES string of the molecule is O=C(Cn1cnc2ccccc21)NNC(=S)Nc1ccc(S(=O)(=O)N2CCOCC2)cc1. The summed E-state index contributed by atoms with van der Waals surface area (Å²) in [6, 6.07) is 13.8. The number of hydrazine groups is 1. The number of aromatic nitrogens is 2. The van der Waals surface area contributed by atoms with Crippen molar-refractivity contribution in [3.63, 3.8) is 0 Å².